The molecule has 0 aliphatic carbocycles. The van der Waals surface area contributed by atoms with Gasteiger partial charge in [-0.15, -0.1) is 0 Å². The zero-order chi connectivity index (χ0) is 31.9. The van der Waals surface area contributed by atoms with Gasteiger partial charge in [0.05, 0.1) is 11.4 Å². The van der Waals surface area contributed by atoms with Crippen molar-refractivity contribution in [2.24, 2.45) is 0 Å². The summed E-state index contributed by atoms with van der Waals surface area (Å²) in [6.07, 6.45) is 3.99. The van der Waals surface area contributed by atoms with Crippen molar-refractivity contribution < 1.29 is 0 Å². The van der Waals surface area contributed by atoms with Crippen LogP contribution in [0.15, 0.2) is 128 Å². The predicted molar refractivity (Wildman–Crippen MR) is 196 cm³/mol. The van der Waals surface area contributed by atoms with Gasteiger partial charge in [0.25, 0.3) is 0 Å². The van der Waals surface area contributed by atoms with E-state index in [1.807, 2.05) is 40.1 Å². The van der Waals surface area contributed by atoms with E-state index in [-0.39, 0.29) is 0 Å². The molecule has 0 aliphatic heterocycles. The summed E-state index contributed by atoms with van der Waals surface area (Å²) in [6.45, 7) is 14.6. The summed E-state index contributed by atoms with van der Waals surface area (Å²) in [5.74, 6) is 2.05. The zero-order valence-corrected chi connectivity index (χ0v) is 27.5. The number of hydrogen-bond acceptors (Lipinski definition) is 2. The maximum absolute atomic E-state index is 3.50. The van der Waals surface area contributed by atoms with Gasteiger partial charge in [-0.05, 0) is 98.6 Å². The highest BCUT2D eigenvalue weighted by molar-refractivity contribution is 6.23. The fourth-order valence-corrected chi connectivity index (χ4v) is 5.89. The molecular formula is C41H44N4. The van der Waals surface area contributed by atoms with Crippen molar-refractivity contribution in [1.29, 1.82) is 0 Å². The number of para-hydroxylation sites is 2. The van der Waals surface area contributed by atoms with Crippen LogP contribution in [-0.2, 0) is 0 Å². The van der Waals surface area contributed by atoms with Crippen molar-refractivity contribution >= 4 is 55.9 Å². The lowest BCUT2D eigenvalue weighted by molar-refractivity contribution is 1.22. The molecule has 0 saturated carbocycles. The summed E-state index contributed by atoms with van der Waals surface area (Å²) < 4.78 is 0. The summed E-state index contributed by atoms with van der Waals surface area (Å²) in [5.41, 5.74) is 8.29. The van der Waals surface area contributed by atoms with Gasteiger partial charge in [0.15, 0.2) is 0 Å². The van der Waals surface area contributed by atoms with Gasteiger partial charge in [-0.2, -0.15) is 0 Å². The molecule has 2 aromatic heterocycles. The Labute approximate surface area is 268 Å². The van der Waals surface area contributed by atoms with Gasteiger partial charge in [-0.3, -0.25) is 9.80 Å². The lowest BCUT2D eigenvalue weighted by Gasteiger charge is -2.32. The van der Waals surface area contributed by atoms with E-state index in [0.717, 1.165) is 28.7 Å². The van der Waals surface area contributed by atoms with Gasteiger partial charge in [0.1, 0.15) is 11.6 Å². The molecule has 0 saturated heterocycles. The molecule has 0 radical (unpaired) electrons. The number of H-pyrrole nitrogens is 2. The molecule has 2 heterocycles. The minimum absolute atomic E-state index is 1.02. The van der Waals surface area contributed by atoms with Gasteiger partial charge in [-0.25, -0.2) is 0 Å². The molecule has 0 unspecified atom stereocenters. The number of nitrogens with one attached hydrogen (secondary N) is 2. The fraction of sp³-hybridized carbons (Fsp3) is 0.171. The summed E-state index contributed by atoms with van der Waals surface area (Å²) >= 11 is 0. The standard InChI is InChI=1S/C37H32N4.2C2H6/c1-25-18-19-30-31(22-25)37(41(35-17-11-21-39-35)29-14-8-5-9-15-29)33-24-27(3)26(2)23-32(33)36(30)40(34-16-10-20-38-34)28-12-6-4-7-13-28;2*1-2/h4-24,38-39H,1-3H3;2*1-2H3. The maximum atomic E-state index is 3.50. The van der Waals surface area contributed by atoms with Crippen LogP contribution in [0.3, 0.4) is 0 Å². The Kier molecular flexibility index (Phi) is 9.74. The SMILES string of the molecule is CC.CC.Cc1ccc2c(N(c3ccccc3)c3ccc[nH]3)c3cc(C)c(C)cc3c(N(c3ccccc3)c3ccc[nH]3)c2c1. The van der Waals surface area contributed by atoms with Crippen LogP contribution in [0.25, 0.3) is 21.5 Å². The third kappa shape index (κ3) is 5.97. The third-order valence-corrected chi connectivity index (χ3v) is 7.95. The van der Waals surface area contributed by atoms with Gasteiger partial charge in [0.2, 0.25) is 0 Å². The number of benzene rings is 5. The van der Waals surface area contributed by atoms with Crippen molar-refractivity contribution in [3.05, 3.63) is 144 Å². The number of hydrogen-bond donors (Lipinski definition) is 2. The molecule has 7 rings (SSSR count). The minimum atomic E-state index is 1.02. The van der Waals surface area contributed by atoms with Gasteiger partial charge in [0, 0.05) is 45.3 Å². The zero-order valence-electron chi connectivity index (χ0n) is 27.5. The van der Waals surface area contributed by atoms with Crippen molar-refractivity contribution in [3.8, 4) is 0 Å². The van der Waals surface area contributed by atoms with E-state index < -0.39 is 0 Å². The summed E-state index contributed by atoms with van der Waals surface area (Å²) in [6, 6.07) is 41.2. The summed E-state index contributed by atoms with van der Waals surface area (Å²) in [5, 5.41) is 4.78. The van der Waals surface area contributed by atoms with E-state index in [0.29, 0.717) is 0 Å². The van der Waals surface area contributed by atoms with Crippen molar-refractivity contribution in [1.82, 2.24) is 9.97 Å². The maximum Gasteiger partial charge on any atom is 0.115 e. The van der Waals surface area contributed by atoms with Crippen LogP contribution in [0.5, 0.6) is 0 Å². The van der Waals surface area contributed by atoms with E-state index in [1.165, 1.54) is 43.9 Å². The average Bonchev–Trinajstić information content (AvgIpc) is 3.82. The van der Waals surface area contributed by atoms with Crippen LogP contribution >= 0.6 is 0 Å². The first kappa shape index (κ1) is 31.2. The number of aromatic amines is 2. The molecule has 45 heavy (non-hydrogen) atoms. The number of aromatic nitrogens is 2. The minimum Gasteiger partial charge on any atom is -0.348 e. The molecule has 2 N–H and O–H groups in total. The van der Waals surface area contributed by atoms with E-state index in [4.69, 9.17) is 0 Å². The van der Waals surface area contributed by atoms with Crippen LogP contribution in [0.4, 0.5) is 34.4 Å². The predicted octanol–water partition coefficient (Wildman–Crippen LogP) is 12.6. The Morgan fingerprint density at radius 1 is 0.422 bits per heavy atom. The molecule has 4 nitrogen and oxygen atoms in total. The normalized spacial score (nSPS) is 10.6. The van der Waals surface area contributed by atoms with Crippen molar-refractivity contribution in [2.75, 3.05) is 9.80 Å². The van der Waals surface area contributed by atoms with Crippen molar-refractivity contribution in [3.63, 3.8) is 0 Å². The quantitative estimate of drug-likeness (QED) is 0.149. The highest BCUT2D eigenvalue weighted by Crippen LogP contribution is 2.51. The van der Waals surface area contributed by atoms with E-state index in [1.54, 1.807) is 0 Å². The molecule has 0 spiro atoms. The Balaban J connectivity index is 0.000000963. The van der Waals surface area contributed by atoms with E-state index in [2.05, 4.69) is 156 Å². The highest BCUT2D eigenvalue weighted by atomic mass is 15.2. The lowest BCUT2D eigenvalue weighted by Crippen LogP contribution is -2.15. The molecular weight excluding hydrogens is 548 g/mol. The number of fused-ring (bicyclic) bond motifs is 2. The van der Waals surface area contributed by atoms with Crippen LogP contribution in [0, 0.1) is 20.8 Å². The largest absolute Gasteiger partial charge is 0.348 e. The summed E-state index contributed by atoms with van der Waals surface area (Å²) in [7, 11) is 0. The van der Waals surface area contributed by atoms with Crippen LogP contribution in [0.2, 0.25) is 0 Å². The van der Waals surface area contributed by atoms with Gasteiger partial charge < -0.3 is 9.97 Å². The second-order valence-electron chi connectivity index (χ2n) is 10.7. The molecule has 0 aliphatic rings. The first-order valence-corrected chi connectivity index (χ1v) is 16.0. The van der Waals surface area contributed by atoms with Crippen molar-refractivity contribution in [2.45, 2.75) is 48.5 Å². The molecule has 4 heteroatoms. The van der Waals surface area contributed by atoms with Crippen LogP contribution in [-0.4, -0.2) is 9.97 Å². The number of rotatable bonds is 6. The fourth-order valence-electron chi connectivity index (χ4n) is 5.89. The molecule has 0 bridgehead atoms. The topological polar surface area (TPSA) is 38.1 Å². The highest BCUT2D eigenvalue weighted by Gasteiger charge is 2.26. The second kappa shape index (κ2) is 14.0. The van der Waals surface area contributed by atoms with Gasteiger partial charge >= 0.3 is 0 Å². The van der Waals surface area contributed by atoms with E-state index in [9.17, 15) is 0 Å². The number of nitrogens with zero attached hydrogens (tertiary/aromatic N) is 2. The molecule has 7 aromatic rings. The molecule has 0 fully saturated rings. The summed E-state index contributed by atoms with van der Waals surface area (Å²) in [4.78, 5) is 11.7. The van der Waals surface area contributed by atoms with Crippen LogP contribution < -0.4 is 9.80 Å². The first-order chi connectivity index (χ1) is 22.1. The monoisotopic (exact) mass is 592 g/mol. The van der Waals surface area contributed by atoms with Crippen LogP contribution in [0.1, 0.15) is 44.4 Å². The first-order valence-electron chi connectivity index (χ1n) is 16.0. The smallest absolute Gasteiger partial charge is 0.115 e. The molecule has 228 valence electrons. The Morgan fingerprint density at radius 2 is 0.844 bits per heavy atom. The molecule has 5 aromatic carbocycles. The van der Waals surface area contributed by atoms with E-state index >= 15 is 0 Å². The second-order valence-corrected chi connectivity index (χ2v) is 10.7. The lowest BCUT2D eigenvalue weighted by atomic mass is 9.92. The number of anilines is 6. The Bertz CT molecular complexity index is 1960. The van der Waals surface area contributed by atoms with Gasteiger partial charge in [-0.1, -0.05) is 81.8 Å². The average molecular weight is 593 g/mol. The Morgan fingerprint density at radius 3 is 1.27 bits per heavy atom. The molecule has 0 amide bonds. The third-order valence-electron chi connectivity index (χ3n) is 7.95. The number of aryl methyl sites for hydroxylation is 3. The molecule has 0 atom stereocenters. The Hall–Kier alpha value is -5.22.